The first kappa shape index (κ1) is 21.4. The van der Waals surface area contributed by atoms with Gasteiger partial charge in [-0.25, -0.2) is 4.39 Å². The summed E-state index contributed by atoms with van der Waals surface area (Å²) in [5.74, 6) is -1.74. The Kier molecular flexibility index (Phi) is 5.82. The van der Waals surface area contributed by atoms with Crippen LogP contribution < -0.4 is 9.47 Å². The van der Waals surface area contributed by atoms with Gasteiger partial charge in [0, 0.05) is 24.7 Å². The van der Waals surface area contributed by atoms with Gasteiger partial charge in [0.15, 0.2) is 11.9 Å². The second-order valence-corrected chi connectivity index (χ2v) is 6.74. The first-order valence-electron chi connectivity index (χ1n) is 8.90. The fourth-order valence-corrected chi connectivity index (χ4v) is 3.04. The summed E-state index contributed by atoms with van der Waals surface area (Å²) in [5.41, 5.74) is 0.337. The average Bonchev–Trinajstić information content (AvgIpc) is 2.66. The third-order valence-corrected chi connectivity index (χ3v) is 4.76. The smallest absolute Gasteiger partial charge is 0.425 e. The molecule has 1 atom stereocenters. The number of hydrogen-bond acceptors (Lipinski definition) is 5. The van der Waals surface area contributed by atoms with Crippen LogP contribution in [0.4, 0.5) is 17.6 Å². The molecular formula is C20H17F4N3O3. The standard InChI is InChI=1S/C20H17F4N3O3/c1-11(20(22,23)24)30-16-6-3-12(7-25)18(29-2)17(16)19(28)27-9-13(10-27)15-5-4-14(21)8-26-15/h3-6,8,11,13H,9-10H2,1-2H3. The van der Waals surface area contributed by atoms with Crippen LogP contribution >= 0.6 is 0 Å². The molecule has 0 spiro atoms. The monoisotopic (exact) mass is 423 g/mol. The molecule has 10 heteroatoms. The number of alkyl halides is 3. The molecule has 2 heterocycles. The minimum Gasteiger partial charge on any atom is -0.494 e. The lowest BCUT2D eigenvalue weighted by Crippen LogP contribution is -2.49. The molecule has 1 aliphatic rings. The largest absolute Gasteiger partial charge is 0.494 e. The Morgan fingerprint density at radius 2 is 2.00 bits per heavy atom. The maximum absolute atomic E-state index is 13.1. The van der Waals surface area contributed by atoms with Crippen LogP contribution in [0.15, 0.2) is 30.5 Å². The van der Waals surface area contributed by atoms with Gasteiger partial charge in [0.1, 0.15) is 23.2 Å². The minimum atomic E-state index is -4.64. The number of halogens is 4. The fourth-order valence-electron chi connectivity index (χ4n) is 3.04. The zero-order valence-electron chi connectivity index (χ0n) is 16.0. The zero-order valence-corrected chi connectivity index (χ0v) is 16.0. The van der Waals surface area contributed by atoms with E-state index in [1.165, 1.54) is 30.2 Å². The highest BCUT2D eigenvalue weighted by Crippen LogP contribution is 2.38. The van der Waals surface area contributed by atoms with E-state index in [2.05, 4.69) is 4.98 Å². The summed E-state index contributed by atoms with van der Waals surface area (Å²) in [5, 5.41) is 9.27. The molecule has 0 radical (unpaired) electrons. The Balaban J connectivity index is 1.88. The van der Waals surface area contributed by atoms with Crippen molar-refractivity contribution in [1.82, 2.24) is 9.88 Å². The van der Waals surface area contributed by atoms with E-state index >= 15 is 0 Å². The molecule has 6 nitrogen and oxygen atoms in total. The van der Waals surface area contributed by atoms with Crippen LogP contribution in [0.25, 0.3) is 0 Å². The Hall–Kier alpha value is -3.35. The predicted octanol–water partition coefficient (Wildman–Crippen LogP) is 3.67. The Morgan fingerprint density at radius 3 is 2.53 bits per heavy atom. The summed E-state index contributed by atoms with van der Waals surface area (Å²) >= 11 is 0. The van der Waals surface area contributed by atoms with Crippen LogP contribution in [0.1, 0.15) is 34.5 Å². The number of methoxy groups -OCH3 is 1. The van der Waals surface area contributed by atoms with Gasteiger partial charge >= 0.3 is 6.18 Å². The summed E-state index contributed by atoms with van der Waals surface area (Å²) in [7, 11) is 1.21. The van der Waals surface area contributed by atoms with Gasteiger partial charge in [-0.1, -0.05) is 0 Å². The van der Waals surface area contributed by atoms with Crippen molar-refractivity contribution in [2.75, 3.05) is 20.2 Å². The fraction of sp³-hybridized carbons (Fsp3) is 0.350. The molecule has 0 N–H and O–H groups in total. The number of benzene rings is 1. The Bertz CT molecular complexity index is 981. The first-order chi connectivity index (χ1) is 14.2. The van der Waals surface area contributed by atoms with Gasteiger partial charge < -0.3 is 14.4 Å². The van der Waals surface area contributed by atoms with Crippen molar-refractivity contribution in [3.8, 4) is 17.6 Å². The molecule has 1 saturated heterocycles. The lowest BCUT2D eigenvalue weighted by atomic mass is 9.94. The van der Waals surface area contributed by atoms with Crippen LogP contribution in [0.5, 0.6) is 11.5 Å². The lowest BCUT2D eigenvalue weighted by molar-refractivity contribution is -0.189. The highest BCUT2D eigenvalue weighted by molar-refractivity contribution is 6.01. The highest BCUT2D eigenvalue weighted by atomic mass is 19.4. The van der Waals surface area contributed by atoms with Crippen molar-refractivity contribution in [2.45, 2.75) is 25.1 Å². The summed E-state index contributed by atoms with van der Waals surface area (Å²) in [4.78, 5) is 18.4. The highest BCUT2D eigenvalue weighted by Gasteiger charge is 2.40. The van der Waals surface area contributed by atoms with Crippen molar-refractivity contribution in [3.63, 3.8) is 0 Å². The van der Waals surface area contributed by atoms with Crippen LogP contribution in [-0.2, 0) is 0 Å². The summed E-state index contributed by atoms with van der Waals surface area (Å²) in [6, 6.07) is 7.00. The van der Waals surface area contributed by atoms with E-state index in [9.17, 15) is 27.6 Å². The number of aromatic nitrogens is 1. The molecule has 1 aliphatic heterocycles. The van der Waals surface area contributed by atoms with Crippen molar-refractivity contribution in [1.29, 1.82) is 5.26 Å². The number of nitrogens with zero attached hydrogens (tertiary/aromatic N) is 3. The second-order valence-electron chi connectivity index (χ2n) is 6.74. The van der Waals surface area contributed by atoms with E-state index in [4.69, 9.17) is 9.47 Å². The molecule has 1 amide bonds. The van der Waals surface area contributed by atoms with E-state index in [1.807, 2.05) is 6.07 Å². The van der Waals surface area contributed by atoms with Crippen LogP contribution in [0.3, 0.4) is 0 Å². The number of amides is 1. The van der Waals surface area contributed by atoms with Crippen molar-refractivity contribution >= 4 is 5.91 Å². The zero-order chi connectivity index (χ0) is 22.1. The average molecular weight is 423 g/mol. The van der Waals surface area contributed by atoms with Gasteiger partial charge in [-0.05, 0) is 31.2 Å². The minimum absolute atomic E-state index is 0.00913. The SMILES string of the molecule is COc1c(C#N)ccc(OC(C)C(F)(F)F)c1C(=O)N1CC(c2ccc(F)cn2)C1. The number of nitriles is 1. The van der Waals surface area contributed by atoms with Crippen molar-refractivity contribution in [2.24, 2.45) is 0 Å². The quantitative estimate of drug-likeness (QED) is 0.686. The van der Waals surface area contributed by atoms with E-state index in [1.54, 1.807) is 0 Å². The van der Waals surface area contributed by atoms with Gasteiger partial charge in [0.05, 0.1) is 18.9 Å². The Labute approximate surface area is 169 Å². The topological polar surface area (TPSA) is 75.5 Å². The summed E-state index contributed by atoms with van der Waals surface area (Å²) < 4.78 is 62.1. The summed E-state index contributed by atoms with van der Waals surface area (Å²) in [6.07, 6.45) is -5.74. The number of ether oxygens (including phenoxy) is 2. The number of hydrogen-bond donors (Lipinski definition) is 0. The molecule has 1 fully saturated rings. The van der Waals surface area contributed by atoms with Gasteiger partial charge in [0.25, 0.3) is 5.91 Å². The number of carbonyl (C=O) groups is 1. The Morgan fingerprint density at radius 1 is 1.30 bits per heavy atom. The predicted molar refractivity (Wildman–Crippen MR) is 96.7 cm³/mol. The molecule has 158 valence electrons. The molecule has 0 bridgehead atoms. The molecule has 1 aromatic heterocycles. The normalized spacial score (nSPS) is 15.2. The first-order valence-corrected chi connectivity index (χ1v) is 8.90. The van der Waals surface area contributed by atoms with Gasteiger partial charge in [-0.2, -0.15) is 18.4 Å². The number of likely N-dealkylation sites (tertiary alicyclic amines) is 1. The molecule has 3 rings (SSSR count). The van der Waals surface area contributed by atoms with Crippen molar-refractivity contribution in [3.05, 3.63) is 53.1 Å². The van der Waals surface area contributed by atoms with Crippen LogP contribution in [0.2, 0.25) is 0 Å². The number of pyridine rings is 1. The van der Waals surface area contributed by atoms with E-state index < -0.39 is 24.0 Å². The van der Waals surface area contributed by atoms with Crippen molar-refractivity contribution < 1.29 is 31.8 Å². The van der Waals surface area contributed by atoms with Gasteiger partial charge in [0.2, 0.25) is 0 Å². The van der Waals surface area contributed by atoms with Crippen LogP contribution in [0, 0.1) is 17.1 Å². The van der Waals surface area contributed by atoms with E-state index in [0.717, 1.165) is 19.2 Å². The molecule has 30 heavy (non-hydrogen) atoms. The molecular weight excluding hydrogens is 406 g/mol. The van der Waals surface area contributed by atoms with Crippen LogP contribution in [-0.4, -0.2) is 48.3 Å². The van der Waals surface area contributed by atoms with Gasteiger partial charge in [-0.3, -0.25) is 9.78 Å². The molecule has 2 aromatic rings. The molecule has 1 aromatic carbocycles. The third-order valence-electron chi connectivity index (χ3n) is 4.76. The van der Waals surface area contributed by atoms with Gasteiger partial charge in [-0.15, -0.1) is 0 Å². The van der Waals surface area contributed by atoms with E-state index in [0.29, 0.717) is 5.69 Å². The maximum atomic E-state index is 13.1. The molecule has 0 saturated carbocycles. The number of carbonyl (C=O) groups excluding carboxylic acids is 1. The van der Waals surface area contributed by atoms with E-state index in [-0.39, 0.29) is 41.6 Å². The molecule has 1 unspecified atom stereocenters. The summed E-state index contributed by atoms with van der Waals surface area (Å²) in [6.45, 7) is 1.27. The third kappa shape index (κ3) is 4.15. The maximum Gasteiger partial charge on any atom is 0.425 e. The lowest BCUT2D eigenvalue weighted by Gasteiger charge is -2.39. The molecule has 0 aliphatic carbocycles. The second kappa shape index (κ2) is 8.18. The number of rotatable bonds is 5.